The Morgan fingerprint density at radius 1 is 0.741 bits per heavy atom. The molecular formula is C18H39NO8. The van der Waals surface area contributed by atoms with Crippen molar-refractivity contribution in [1.29, 1.82) is 0 Å². The minimum absolute atomic E-state index is 0.0464. The van der Waals surface area contributed by atoms with Gasteiger partial charge in [0.05, 0.1) is 66.1 Å². The third-order valence-electron chi connectivity index (χ3n) is 2.93. The smallest absolute Gasteiger partial charge is 0.404 e. The van der Waals surface area contributed by atoms with Crippen LogP contribution < -0.4 is 5.32 Å². The normalized spacial score (nSPS) is 11.0. The van der Waals surface area contributed by atoms with E-state index in [9.17, 15) is 4.79 Å². The highest BCUT2D eigenvalue weighted by atomic mass is 16.6. The first-order chi connectivity index (χ1) is 12.8. The largest absolute Gasteiger partial charge is 0.465 e. The van der Waals surface area contributed by atoms with Crippen LogP contribution in [0.1, 0.15) is 27.2 Å². The summed E-state index contributed by atoms with van der Waals surface area (Å²) in [5.74, 6) is 0. The Morgan fingerprint density at radius 3 is 1.30 bits per heavy atom. The zero-order chi connectivity index (χ0) is 20.8. The molecule has 0 aliphatic rings. The zero-order valence-corrected chi connectivity index (χ0v) is 17.3. The number of nitrogens with one attached hydrogen (secondary N) is 1. The van der Waals surface area contributed by atoms with Gasteiger partial charge in [0, 0.05) is 13.7 Å². The minimum atomic E-state index is -0.995. The van der Waals surface area contributed by atoms with Gasteiger partial charge in [-0.3, -0.25) is 0 Å². The van der Waals surface area contributed by atoms with Crippen LogP contribution in [0.25, 0.3) is 0 Å². The molecule has 27 heavy (non-hydrogen) atoms. The molecule has 3 N–H and O–H groups in total. The van der Waals surface area contributed by atoms with Gasteiger partial charge in [-0.2, -0.15) is 0 Å². The van der Waals surface area contributed by atoms with E-state index in [-0.39, 0.29) is 6.61 Å². The number of hydrogen-bond acceptors (Lipinski definition) is 7. The van der Waals surface area contributed by atoms with Crippen LogP contribution in [0.15, 0.2) is 0 Å². The quantitative estimate of drug-likeness (QED) is 0.335. The molecular weight excluding hydrogens is 358 g/mol. The topological polar surface area (TPSA) is 116 Å². The van der Waals surface area contributed by atoms with Crippen molar-refractivity contribution in [1.82, 2.24) is 5.32 Å². The van der Waals surface area contributed by atoms with Gasteiger partial charge in [-0.15, -0.1) is 0 Å². The summed E-state index contributed by atoms with van der Waals surface area (Å²) < 4.78 is 26.6. The molecule has 0 bridgehead atoms. The molecule has 9 nitrogen and oxygen atoms in total. The monoisotopic (exact) mass is 397 g/mol. The Labute approximate surface area is 163 Å². The molecule has 0 fully saturated rings. The van der Waals surface area contributed by atoms with Crippen LogP contribution in [0.2, 0.25) is 0 Å². The second-order valence-corrected chi connectivity index (χ2v) is 6.65. The molecule has 0 heterocycles. The summed E-state index contributed by atoms with van der Waals surface area (Å²) in [4.78, 5) is 9.26. The lowest BCUT2D eigenvalue weighted by Gasteiger charge is -2.17. The molecule has 164 valence electrons. The maximum Gasteiger partial charge on any atom is 0.404 e. The van der Waals surface area contributed by atoms with Crippen LogP contribution in [0.3, 0.4) is 0 Å². The number of carboxylic acid groups (broad SMARTS) is 1. The second kappa shape index (κ2) is 21.3. The predicted molar refractivity (Wildman–Crippen MR) is 102 cm³/mol. The summed E-state index contributed by atoms with van der Waals surface area (Å²) in [6, 6.07) is 0. The van der Waals surface area contributed by atoms with Crippen molar-refractivity contribution in [3.05, 3.63) is 0 Å². The lowest BCUT2D eigenvalue weighted by Crippen LogP contribution is -2.14. The fourth-order valence-electron chi connectivity index (χ4n) is 1.42. The Morgan fingerprint density at radius 2 is 1.04 bits per heavy atom. The maximum atomic E-state index is 9.26. The van der Waals surface area contributed by atoms with Gasteiger partial charge in [-0.05, 0) is 11.8 Å². The molecule has 0 spiro atoms. The van der Waals surface area contributed by atoms with Crippen LogP contribution in [-0.4, -0.2) is 96.0 Å². The van der Waals surface area contributed by atoms with Crippen molar-refractivity contribution < 1.29 is 38.7 Å². The summed E-state index contributed by atoms with van der Waals surface area (Å²) in [7, 11) is 1.35. The van der Waals surface area contributed by atoms with Gasteiger partial charge < -0.3 is 39.2 Å². The van der Waals surface area contributed by atoms with E-state index >= 15 is 0 Å². The Bertz CT molecular complexity index is 310. The zero-order valence-electron chi connectivity index (χ0n) is 17.3. The number of carbonyl (C=O) groups is 1. The van der Waals surface area contributed by atoms with Crippen molar-refractivity contribution in [3.63, 3.8) is 0 Å². The molecule has 0 aromatic heterocycles. The Kier molecular flexibility index (Phi) is 22.3. The minimum Gasteiger partial charge on any atom is -0.465 e. The lowest BCUT2D eigenvalue weighted by molar-refractivity contribution is -0.0144. The maximum absolute atomic E-state index is 9.26. The van der Waals surface area contributed by atoms with E-state index in [0.29, 0.717) is 64.9 Å². The van der Waals surface area contributed by atoms with Crippen molar-refractivity contribution in [2.75, 3.05) is 79.7 Å². The van der Waals surface area contributed by atoms with Gasteiger partial charge in [0.1, 0.15) is 0 Å². The van der Waals surface area contributed by atoms with E-state index in [0.717, 1.165) is 13.0 Å². The standard InChI is InChI=1S/C16H34O6.C2H5NO2/c1-16(2,3)4-6-18-8-10-20-12-14-22-15-13-21-11-9-19-7-5-17;1-3-2(4)5/h17H,4-15H2,1-3H3;3H,1H3,(H,4,5). The van der Waals surface area contributed by atoms with Crippen molar-refractivity contribution >= 4 is 6.09 Å². The average molecular weight is 398 g/mol. The molecule has 0 unspecified atom stereocenters. The first kappa shape index (κ1) is 28.2. The molecule has 0 atom stereocenters. The highest BCUT2D eigenvalue weighted by Crippen LogP contribution is 2.17. The summed E-state index contributed by atoms with van der Waals surface area (Å²) in [5, 5.41) is 18.1. The van der Waals surface area contributed by atoms with Gasteiger partial charge >= 0.3 is 6.09 Å². The van der Waals surface area contributed by atoms with Gasteiger partial charge in [-0.1, -0.05) is 20.8 Å². The first-order valence-corrected chi connectivity index (χ1v) is 9.23. The second-order valence-electron chi connectivity index (χ2n) is 6.65. The number of hydrogen-bond donors (Lipinski definition) is 3. The number of aliphatic hydroxyl groups is 1. The summed E-state index contributed by atoms with van der Waals surface area (Å²) in [5.41, 5.74) is 0.321. The molecule has 0 aromatic rings. The molecule has 0 radical (unpaired) electrons. The van der Waals surface area contributed by atoms with Crippen molar-refractivity contribution in [2.45, 2.75) is 27.2 Å². The van der Waals surface area contributed by atoms with Gasteiger partial charge in [0.2, 0.25) is 0 Å². The fourth-order valence-corrected chi connectivity index (χ4v) is 1.42. The number of aliphatic hydroxyl groups excluding tert-OH is 1. The van der Waals surface area contributed by atoms with E-state index in [4.69, 9.17) is 33.9 Å². The van der Waals surface area contributed by atoms with Crippen LogP contribution in [0.4, 0.5) is 4.79 Å². The molecule has 9 heteroatoms. The molecule has 0 rings (SSSR count). The van der Waals surface area contributed by atoms with Crippen LogP contribution in [-0.2, 0) is 23.7 Å². The fraction of sp³-hybridized carbons (Fsp3) is 0.944. The average Bonchev–Trinajstić information content (AvgIpc) is 2.61. The van der Waals surface area contributed by atoms with E-state index in [1.54, 1.807) is 0 Å². The van der Waals surface area contributed by atoms with Gasteiger partial charge in [-0.25, -0.2) is 4.79 Å². The molecule has 0 saturated carbocycles. The highest BCUT2D eigenvalue weighted by molar-refractivity contribution is 5.63. The molecule has 1 amide bonds. The van der Waals surface area contributed by atoms with Crippen molar-refractivity contribution in [3.8, 4) is 0 Å². The number of ether oxygens (including phenoxy) is 5. The van der Waals surface area contributed by atoms with Crippen molar-refractivity contribution in [2.24, 2.45) is 5.41 Å². The van der Waals surface area contributed by atoms with Gasteiger partial charge in [0.15, 0.2) is 0 Å². The summed E-state index contributed by atoms with van der Waals surface area (Å²) >= 11 is 0. The SMILES string of the molecule is CC(C)(C)CCOCCOCCOCCOCCOCCO.CNC(=O)O. The van der Waals surface area contributed by atoms with Gasteiger partial charge in [0.25, 0.3) is 0 Å². The van der Waals surface area contributed by atoms with E-state index in [1.165, 1.54) is 7.05 Å². The van der Waals surface area contributed by atoms with Crippen LogP contribution in [0, 0.1) is 5.41 Å². The summed E-state index contributed by atoms with van der Waals surface area (Å²) in [6.45, 7) is 12.3. The van der Waals surface area contributed by atoms with Crippen LogP contribution >= 0.6 is 0 Å². The van der Waals surface area contributed by atoms with E-state index in [1.807, 2.05) is 5.32 Å². The molecule has 0 aliphatic heterocycles. The Balaban J connectivity index is 0. The van der Waals surface area contributed by atoms with E-state index in [2.05, 4.69) is 20.8 Å². The number of rotatable bonds is 16. The highest BCUT2D eigenvalue weighted by Gasteiger charge is 2.08. The molecule has 0 aromatic carbocycles. The third kappa shape index (κ3) is 33.1. The molecule has 0 saturated heterocycles. The third-order valence-corrected chi connectivity index (χ3v) is 2.93. The van der Waals surface area contributed by atoms with Crippen LogP contribution in [0.5, 0.6) is 0 Å². The summed E-state index contributed by atoms with van der Waals surface area (Å²) in [6.07, 6.45) is 0.0613. The first-order valence-electron chi connectivity index (χ1n) is 9.23. The predicted octanol–water partition coefficient (Wildman–Crippen LogP) is 1.38. The van der Waals surface area contributed by atoms with E-state index < -0.39 is 6.09 Å². The Hall–Kier alpha value is -0.970. The molecule has 0 aliphatic carbocycles. The lowest BCUT2D eigenvalue weighted by atomic mass is 9.93. The number of amides is 1.